The van der Waals surface area contributed by atoms with Crippen molar-refractivity contribution >= 4 is 29.1 Å². The van der Waals surface area contributed by atoms with Crippen LogP contribution in [0.4, 0.5) is 24.5 Å². The molecule has 0 spiro atoms. The van der Waals surface area contributed by atoms with Gasteiger partial charge in [-0.3, -0.25) is 14.4 Å². The minimum Gasteiger partial charge on any atom is -0.472 e. The number of carbonyl (C=O) groups excluding carboxylic acids is 3. The lowest BCUT2D eigenvalue weighted by Crippen LogP contribution is -2.42. The third-order valence-corrected chi connectivity index (χ3v) is 5.73. The molecule has 0 unspecified atom stereocenters. The number of hydrogen-bond donors (Lipinski definition) is 2. The summed E-state index contributed by atoms with van der Waals surface area (Å²) >= 11 is 0. The van der Waals surface area contributed by atoms with E-state index < -0.39 is 29.5 Å². The number of benzene rings is 1. The second kappa shape index (κ2) is 8.68. The van der Waals surface area contributed by atoms with Crippen molar-refractivity contribution in [3.8, 4) is 0 Å². The summed E-state index contributed by atoms with van der Waals surface area (Å²) in [6.45, 7) is 0.858. The zero-order chi connectivity index (χ0) is 22.9. The molecule has 0 radical (unpaired) electrons. The van der Waals surface area contributed by atoms with Crippen molar-refractivity contribution in [2.24, 2.45) is 11.8 Å². The van der Waals surface area contributed by atoms with E-state index in [2.05, 4.69) is 10.6 Å². The van der Waals surface area contributed by atoms with E-state index in [1.165, 1.54) is 24.7 Å². The van der Waals surface area contributed by atoms with Crippen LogP contribution < -0.4 is 10.6 Å². The number of nitrogens with one attached hydrogen (secondary N) is 2. The molecule has 170 valence electrons. The third-order valence-electron chi connectivity index (χ3n) is 5.73. The summed E-state index contributed by atoms with van der Waals surface area (Å²) in [6.07, 6.45) is 0.336. The van der Waals surface area contributed by atoms with Gasteiger partial charge >= 0.3 is 6.18 Å². The highest BCUT2D eigenvalue weighted by atomic mass is 19.4. The number of halogens is 3. The summed E-state index contributed by atoms with van der Waals surface area (Å²) in [6, 6.07) is 4.58. The second-order valence-electron chi connectivity index (χ2n) is 8.09. The molecule has 1 saturated carbocycles. The van der Waals surface area contributed by atoms with Crippen LogP contribution in [0.1, 0.15) is 41.6 Å². The van der Waals surface area contributed by atoms with Gasteiger partial charge in [0.15, 0.2) is 0 Å². The number of rotatable bonds is 5. The summed E-state index contributed by atoms with van der Waals surface area (Å²) in [4.78, 5) is 38.6. The second-order valence-corrected chi connectivity index (χ2v) is 8.09. The lowest BCUT2D eigenvalue weighted by atomic mass is 9.95. The quantitative estimate of drug-likeness (QED) is 0.718. The van der Waals surface area contributed by atoms with Crippen LogP contribution in [0, 0.1) is 11.8 Å². The van der Waals surface area contributed by atoms with Gasteiger partial charge in [-0.15, -0.1) is 0 Å². The summed E-state index contributed by atoms with van der Waals surface area (Å²) in [5, 5.41) is 4.77. The Balaban J connectivity index is 1.42. The maximum absolute atomic E-state index is 13.6. The van der Waals surface area contributed by atoms with Crippen LogP contribution >= 0.6 is 0 Å². The molecule has 0 atom stereocenters. The molecule has 2 heterocycles. The predicted octanol–water partition coefficient (Wildman–Crippen LogP) is 4.14. The monoisotopic (exact) mass is 449 g/mol. The van der Waals surface area contributed by atoms with Crippen LogP contribution in [0.5, 0.6) is 0 Å². The fourth-order valence-electron chi connectivity index (χ4n) is 3.75. The van der Waals surface area contributed by atoms with Crippen LogP contribution in [-0.2, 0) is 15.8 Å². The van der Waals surface area contributed by atoms with Gasteiger partial charge in [0.1, 0.15) is 6.26 Å². The molecule has 32 heavy (non-hydrogen) atoms. The number of nitrogens with zero attached hydrogens (tertiary/aromatic N) is 1. The Morgan fingerprint density at radius 2 is 1.69 bits per heavy atom. The van der Waals surface area contributed by atoms with Gasteiger partial charge in [-0.05, 0) is 49.9 Å². The first-order valence-corrected chi connectivity index (χ1v) is 10.4. The van der Waals surface area contributed by atoms with Gasteiger partial charge in [-0.1, -0.05) is 0 Å². The molecule has 1 aromatic heterocycles. The Bertz CT molecular complexity index is 1010. The summed E-state index contributed by atoms with van der Waals surface area (Å²) in [5.41, 5.74) is -1.33. The molecule has 2 N–H and O–H groups in total. The number of likely N-dealkylation sites (tertiary alicyclic amines) is 1. The van der Waals surface area contributed by atoms with E-state index >= 15 is 0 Å². The molecule has 3 amide bonds. The average Bonchev–Trinajstić information content (AvgIpc) is 3.46. The zero-order valence-electron chi connectivity index (χ0n) is 17.1. The SMILES string of the molecule is O=C(Nc1ccc(NC(=O)C2CCN(C(=O)C3CC3)CC2)c(C(F)(F)F)c1)c1ccoc1. The number of carbonyl (C=O) groups is 3. The molecule has 1 aromatic carbocycles. The smallest absolute Gasteiger partial charge is 0.418 e. The molecule has 0 bridgehead atoms. The van der Waals surface area contributed by atoms with Crippen molar-refractivity contribution in [1.29, 1.82) is 0 Å². The molecule has 1 aliphatic heterocycles. The highest BCUT2D eigenvalue weighted by molar-refractivity contribution is 6.04. The maximum Gasteiger partial charge on any atom is 0.418 e. The molecular weight excluding hydrogens is 427 g/mol. The third kappa shape index (κ3) is 4.95. The minimum atomic E-state index is -4.74. The van der Waals surface area contributed by atoms with Gasteiger partial charge in [0.25, 0.3) is 5.91 Å². The van der Waals surface area contributed by atoms with E-state index in [1.807, 2.05) is 0 Å². The molecule has 2 aromatic rings. The summed E-state index contributed by atoms with van der Waals surface area (Å²) < 4.78 is 45.7. The first-order valence-electron chi connectivity index (χ1n) is 10.4. The van der Waals surface area contributed by atoms with Crippen molar-refractivity contribution in [2.45, 2.75) is 31.9 Å². The number of furan rings is 1. The van der Waals surface area contributed by atoms with Crippen LogP contribution in [0.15, 0.2) is 41.2 Å². The van der Waals surface area contributed by atoms with Gasteiger partial charge in [0, 0.05) is 30.6 Å². The van der Waals surface area contributed by atoms with Gasteiger partial charge in [-0.25, -0.2) is 0 Å². The maximum atomic E-state index is 13.6. The molecule has 7 nitrogen and oxygen atoms in total. The normalized spacial score (nSPS) is 17.2. The van der Waals surface area contributed by atoms with Crippen molar-refractivity contribution in [1.82, 2.24) is 4.90 Å². The summed E-state index contributed by atoms with van der Waals surface area (Å²) in [7, 11) is 0. The Morgan fingerprint density at radius 3 is 2.28 bits per heavy atom. The van der Waals surface area contributed by atoms with Crippen molar-refractivity contribution in [3.63, 3.8) is 0 Å². The fraction of sp³-hybridized carbons (Fsp3) is 0.409. The Hall–Kier alpha value is -3.30. The number of anilines is 2. The van der Waals surface area contributed by atoms with Gasteiger partial charge in [0.05, 0.1) is 23.1 Å². The molecule has 4 rings (SSSR count). The van der Waals surface area contributed by atoms with Crippen molar-refractivity contribution < 1.29 is 32.0 Å². The number of piperidine rings is 1. The lowest BCUT2D eigenvalue weighted by molar-refractivity contribution is -0.137. The molecular formula is C22H22F3N3O4. The van der Waals surface area contributed by atoms with Gasteiger partial charge in [-0.2, -0.15) is 13.2 Å². The predicted molar refractivity (Wildman–Crippen MR) is 109 cm³/mol. The van der Waals surface area contributed by atoms with Crippen molar-refractivity contribution in [3.05, 3.63) is 47.9 Å². The minimum absolute atomic E-state index is 0.0616. The van der Waals surface area contributed by atoms with Gasteiger partial charge in [0.2, 0.25) is 11.8 Å². The highest BCUT2D eigenvalue weighted by Crippen LogP contribution is 2.37. The van der Waals surface area contributed by atoms with Crippen molar-refractivity contribution in [2.75, 3.05) is 23.7 Å². The molecule has 1 saturated heterocycles. The van der Waals surface area contributed by atoms with E-state index in [4.69, 9.17) is 4.42 Å². The molecule has 2 fully saturated rings. The number of hydrogen-bond acceptors (Lipinski definition) is 4. The fourth-order valence-corrected chi connectivity index (χ4v) is 3.75. The summed E-state index contributed by atoms with van der Waals surface area (Å²) in [5.74, 6) is -1.39. The Labute approximate surface area is 181 Å². The number of amides is 3. The van der Waals surface area contributed by atoms with E-state index in [9.17, 15) is 27.6 Å². The first kappa shape index (κ1) is 21.9. The van der Waals surface area contributed by atoms with Crippen LogP contribution in [0.2, 0.25) is 0 Å². The Morgan fingerprint density at radius 1 is 0.969 bits per heavy atom. The Kier molecular flexibility index (Phi) is 5.94. The molecule has 10 heteroatoms. The highest BCUT2D eigenvalue weighted by Gasteiger charge is 2.37. The molecule has 2 aliphatic rings. The van der Waals surface area contributed by atoms with E-state index in [1.54, 1.807) is 4.90 Å². The zero-order valence-corrected chi connectivity index (χ0v) is 17.1. The topological polar surface area (TPSA) is 91.7 Å². The van der Waals surface area contributed by atoms with E-state index in [-0.39, 0.29) is 28.8 Å². The largest absolute Gasteiger partial charge is 0.472 e. The van der Waals surface area contributed by atoms with Crippen LogP contribution in [0.3, 0.4) is 0 Å². The average molecular weight is 449 g/mol. The van der Waals surface area contributed by atoms with Crippen LogP contribution in [0.25, 0.3) is 0 Å². The van der Waals surface area contributed by atoms with E-state index in [0.717, 1.165) is 25.0 Å². The van der Waals surface area contributed by atoms with Crippen LogP contribution in [-0.4, -0.2) is 35.7 Å². The standard InChI is InChI=1S/C22H22F3N3O4/c23-22(24,25)17-11-16(26-20(30)15-7-10-32-12-15)3-4-18(17)27-19(29)13-5-8-28(9-6-13)21(31)14-1-2-14/h3-4,7,10-14H,1-2,5-6,8-9H2,(H,26,30)(H,27,29). The number of alkyl halides is 3. The van der Waals surface area contributed by atoms with E-state index in [0.29, 0.717) is 25.9 Å². The molecule has 1 aliphatic carbocycles. The lowest BCUT2D eigenvalue weighted by Gasteiger charge is -2.31. The van der Waals surface area contributed by atoms with Gasteiger partial charge < -0.3 is 20.0 Å². The first-order chi connectivity index (χ1) is 15.2.